The molecule has 140 valence electrons. The highest BCUT2D eigenvalue weighted by atomic mass is 16.5. The molecule has 0 aliphatic carbocycles. The number of likely N-dealkylation sites (tertiary alicyclic amines) is 1. The Labute approximate surface area is 150 Å². The van der Waals surface area contributed by atoms with Gasteiger partial charge in [0.25, 0.3) is 0 Å². The molecule has 1 aliphatic heterocycles. The third-order valence-corrected chi connectivity index (χ3v) is 4.77. The van der Waals surface area contributed by atoms with Crippen molar-refractivity contribution in [2.75, 3.05) is 32.6 Å². The minimum atomic E-state index is -0.460. The van der Waals surface area contributed by atoms with Crippen LogP contribution in [-0.4, -0.2) is 50.2 Å². The Kier molecular flexibility index (Phi) is 6.16. The maximum Gasteiger partial charge on any atom is 0.240 e. The number of carbonyl (C=O) groups is 1. The van der Waals surface area contributed by atoms with Gasteiger partial charge in [0.05, 0.1) is 25.9 Å². The number of carbonyl (C=O) groups excluding carboxylic acids is 1. The predicted octanol–water partition coefficient (Wildman–Crippen LogP) is 2.48. The van der Waals surface area contributed by atoms with Gasteiger partial charge in [-0.25, -0.2) is 0 Å². The number of hydrogen-bond donors (Lipinski definition) is 2. The molecule has 0 radical (unpaired) electrons. The number of ether oxygens (including phenoxy) is 2. The van der Waals surface area contributed by atoms with E-state index in [1.165, 1.54) is 0 Å². The number of rotatable bonds is 5. The Balaban J connectivity index is 1.94. The average Bonchev–Trinajstić information content (AvgIpc) is 2.60. The molecule has 2 rings (SSSR count). The van der Waals surface area contributed by atoms with Crippen molar-refractivity contribution in [2.24, 2.45) is 11.1 Å². The maximum absolute atomic E-state index is 12.5. The van der Waals surface area contributed by atoms with Gasteiger partial charge in [-0.15, -0.1) is 0 Å². The van der Waals surface area contributed by atoms with E-state index in [1.807, 2.05) is 43.9 Å². The van der Waals surface area contributed by atoms with Gasteiger partial charge in [0.15, 0.2) is 0 Å². The van der Waals surface area contributed by atoms with Crippen LogP contribution in [0.5, 0.6) is 11.5 Å². The van der Waals surface area contributed by atoms with Crippen LogP contribution in [0.25, 0.3) is 0 Å². The zero-order valence-corrected chi connectivity index (χ0v) is 16.0. The number of nitrogens with zero attached hydrogens (tertiary/aromatic N) is 1. The summed E-state index contributed by atoms with van der Waals surface area (Å²) in [7, 11) is 3.28. The summed E-state index contributed by atoms with van der Waals surface area (Å²) in [6, 6.07) is 5.58. The van der Waals surface area contributed by atoms with Crippen molar-refractivity contribution in [3.05, 3.63) is 18.2 Å². The normalized spacial score (nSPS) is 17.1. The van der Waals surface area contributed by atoms with Crippen molar-refractivity contribution in [1.29, 1.82) is 0 Å². The van der Waals surface area contributed by atoms with Gasteiger partial charge in [0.1, 0.15) is 11.5 Å². The molecule has 0 unspecified atom stereocenters. The highest BCUT2D eigenvalue weighted by molar-refractivity contribution is 5.82. The van der Waals surface area contributed by atoms with Crippen molar-refractivity contribution in [3.8, 4) is 11.5 Å². The molecule has 3 N–H and O–H groups in total. The Hall–Kier alpha value is -1.95. The third-order valence-electron chi connectivity index (χ3n) is 4.77. The first-order chi connectivity index (χ1) is 11.8. The lowest BCUT2D eigenvalue weighted by Gasteiger charge is -2.37. The second kappa shape index (κ2) is 7.95. The predicted molar refractivity (Wildman–Crippen MR) is 100 cm³/mol. The molecule has 1 amide bonds. The molecular weight excluding hydrogens is 318 g/mol. The van der Waals surface area contributed by atoms with E-state index < -0.39 is 6.04 Å². The Morgan fingerprint density at radius 2 is 1.88 bits per heavy atom. The van der Waals surface area contributed by atoms with E-state index in [4.69, 9.17) is 15.2 Å². The van der Waals surface area contributed by atoms with Crippen LogP contribution in [0.15, 0.2) is 18.2 Å². The summed E-state index contributed by atoms with van der Waals surface area (Å²) >= 11 is 0. The SMILES string of the molecule is COc1ccc(NC2CCN(C(=O)[C@@H](N)C(C)(C)C)CC2)c(OC)c1. The van der Waals surface area contributed by atoms with E-state index in [0.717, 1.165) is 43.1 Å². The van der Waals surface area contributed by atoms with Crippen LogP contribution in [0.1, 0.15) is 33.6 Å². The number of piperidine rings is 1. The number of anilines is 1. The van der Waals surface area contributed by atoms with E-state index >= 15 is 0 Å². The molecular formula is C19H31N3O3. The summed E-state index contributed by atoms with van der Waals surface area (Å²) in [5.41, 5.74) is 6.84. The summed E-state index contributed by atoms with van der Waals surface area (Å²) in [4.78, 5) is 14.4. The first kappa shape index (κ1) is 19.4. The molecule has 1 heterocycles. The second-order valence-electron chi connectivity index (χ2n) is 7.65. The van der Waals surface area contributed by atoms with Crippen molar-refractivity contribution < 1.29 is 14.3 Å². The smallest absolute Gasteiger partial charge is 0.240 e. The highest BCUT2D eigenvalue weighted by Crippen LogP contribution is 2.31. The van der Waals surface area contributed by atoms with Gasteiger partial charge in [-0.3, -0.25) is 4.79 Å². The zero-order chi connectivity index (χ0) is 18.6. The quantitative estimate of drug-likeness (QED) is 0.854. The van der Waals surface area contributed by atoms with Gasteiger partial charge in [-0.1, -0.05) is 20.8 Å². The lowest BCUT2D eigenvalue weighted by Crippen LogP contribution is -2.53. The van der Waals surface area contributed by atoms with Crippen LogP contribution in [0.4, 0.5) is 5.69 Å². The second-order valence-corrected chi connectivity index (χ2v) is 7.65. The summed E-state index contributed by atoms with van der Waals surface area (Å²) in [5.74, 6) is 1.57. The Bertz CT molecular complexity index is 590. The van der Waals surface area contributed by atoms with Gasteiger partial charge in [-0.05, 0) is 30.4 Å². The Morgan fingerprint density at radius 3 is 2.40 bits per heavy atom. The molecule has 0 saturated carbocycles. The monoisotopic (exact) mass is 349 g/mol. The van der Waals surface area contributed by atoms with Gasteiger partial charge >= 0.3 is 0 Å². The van der Waals surface area contributed by atoms with Gasteiger partial charge < -0.3 is 25.4 Å². The van der Waals surface area contributed by atoms with Crippen LogP contribution in [-0.2, 0) is 4.79 Å². The summed E-state index contributed by atoms with van der Waals surface area (Å²) in [6.45, 7) is 7.44. The molecule has 6 nitrogen and oxygen atoms in total. The largest absolute Gasteiger partial charge is 0.497 e. The molecule has 6 heteroatoms. The minimum absolute atomic E-state index is 0.0491. The fourth-order valence-electron chi connectivity index (χ4n) is 2.95. The molecule has 1 fully saturated rings. The minimum Gasteiger partial charge on any atom is -0.497 e. The molecule has 1 saturated heterocycles. The van der Waals surface area contributed by atoms with Crippen molar-refractivity contribution in [2.45, 2.75) is 45.7 Å². The van der Waals surface area contributed by atoms with E-state index in [-0.39, 0.29) is 11.3 Å². The van der Waals surface area contributed by atoms with Crippen LogP contribution in [0, 0.1) is 5.41 Å². The summed E-state index contributed by atoms with van der Waals surface area (Å²) < 4.78 is 10.7. The van der Waals surface area contributed by atoms with Crippen molar-refractivity contribution in [3.63, 3.8) is 0 Å². The first-order valence-electron chi connectivity index (χ1n) is 8.79. The molecule has 25 heavy (non-hydrogen) atoms. The van der Waals surface area contributed by atoms with Crippen LogP contribution >= 0.6 is 0 Å². The van der Waals surface area contributed by atoms with E-state index in [1.54, 1.807) is 14.2 Å². The first-order valence-corrected chi connectivity index (χ1v) is 8.79. The Morgan fingerprint density at radius 1 is 1.24 bits per heavy atom. The van der Waals surface area contributed by atoms with Crippen LogP contribution < -0.4 is 20.5 Å². The molecule has 1 aromatic rings. The fraction of sp³-hybridized carbons (Fsp3) is 0.632. The number of amides is 1. The molecule has 0 aromatic heterocycles. The number of benzene rings is 1. The van der Waals surface area contributed by atoms with E-state index in [2.05, 4.69) is 5.32 Å². The lowest BCUT2D eigenvalue weighted by atomic mass is 9.86. The number of hydrogen-bond acceptors (Lipinski definition) is 5. The van der Waals surface area contributed by atoms with E-state index in [0.29, 0.717) is 6.04 Å². The average molecular weight is 349 g/mol. The number of methoxy groups -OCH3 is 2. The molecule has 1 atom stereocenters. The highest BCUT2D eigenvalue weighted by Gasteiger charge is 2.33. The zero-order valence-electron chi connectivity index (χ0n) is 16.0. The van der Waals surface area contributed by atoms with Crippen molar-refractivity contribution >= 4 is 11.6 Å². The summed E-state index contributed by atoms with van der Waals surface area (Å²) in [6.07, 6.45) is 1.77. The van der Waals surface area contributed by atoms with Crippen molar-refractivity contribution in [1.82, 2.24) is 4.90 Å². The number of nitrogens with one attached hydrogen (secondary N) is 1. The maximum atomic E-state index is 12.5. The molecule has 1 aromatic carbocycles. The molecule has 1 aliphatic rings. The van der Waals surface area contributed by atoms with Gasteiger partial charge in [0.2, 0.25) is 5.91 Å². The van der Waals surface area contributed by atoms with Gasteiger partial charge in [-0.2, -0.15) is 0 Å². The van der Waals surface area contributed by atoms with Crippen LogP contribution in [0.3, 0.4) is 0 Å². The summed E-state index contributed by atoms with van der Waals surface area (Å²) in [5, 5.41) is 3.52. The van der Waals surface area contributed by atoms with Gasteiger partial charge in [0, 0.05) is 25.2 Å². The third kappa shape index (κ3) is 4.78. The molecule has 0 bridgehead atoms. The lowest BCUT2D eigenvalue weighted by molar-refractivity contribution is -0.135. The number of nitrogens with two attached hydrogens (primary N) is 1. The molecule has 0 spiro atoms. The van der Waals surface area contributed by atoms with E-state index in [9.17, 15) is 4.79 Å². The van der Waals surface area contributed by atoms with Crippen LogP contribution in [0.2, 0.25) is 0 Å². The topological polar surface area (TPSA) is 76.8 Å². The standard InChI is InChI=1S/C19H31N3O3/c1-19(2,3)17(20)18(23)22-10-8-13(9-11-22)21-15-7-6-14(24-4)12-16(15)25-5/h6-7,12-13,17,21H,8-11,20H2,1-5H3/t17-/m1/s1. The fourth-order valence-corrected chi connectivity index (χ4v) is 2.95.